The number of para-hydroxylation sites is 3. The average Bonchev–Trinajstić information content (AvgIpc) is 2.73. The molecule has 0 amide bonds. The minimum Gasteiger partial charge on any atom is -0.495 e. The topological polar surface area (TPSA) is 71.3 Å². The molecule has 0 saturated carbocycles. The standard InChI is InChI=1S/C22H18N2O3/c1-26-21-14-8-7-13-19(21)24-20(15-23)17-11-5-6-12-18(17)22(25)27-16-9-3-2-4-10-16/h2-14,20,24H,1H3. The maximum atomic E-state index is 12.6. The van der Waals surface area contributed by atoms with Crippen LogP contribution in [0.1, 0.15) is 22.0 Å². The number of nitrogens with zero attached hydrogens (tertiary/aromatic N) is 1. The Hall–Kier alpha value is -3.78. The van der Waals surface area contributed by atoms with Crippen molar-refractivity contribution < 1.29 is 14.3 Å². The van der Waals surface area contributed by atoms with Gasteiger partial charge in [0.1, 0.15) is 17.5 Å². The smallest absolute Gasteiger partial charge is 0.343 e. The molecule has 1 unspecified atom stereocenters. The van der Waals surface area contributed by atoms with Gasteiger partial charge in [-0.15, -0.1) is 0 Å². The zero-order chi connectivity index (χ0) is 19.1. The number of benzene rings is 3. The summed E-state index contributed by atoms with van der Waals surface area (Å²) in [4.78, 5) is 12.6. The van der Waals surface area contributed by atoms with E-state index in [1.807, 2.05) is 24.3 Å². The van der Waals surface area contributed by atoms with Gasteiger partial charge < -0.3 is 14.8 Å². The summed E-state index contributed by atoms with van der Waals surface area (Å²) in [6, 6.07) is 24.5. The maximum Gasteiger partial charge on any atom is 0.343 e. The van der Waals surface area contributed by atoms with Crippen LogP contribution >= 0.6 is 0 Å². The maximum absolute atomic E-state index is 12.6. The number of ether oxygens (including phenoxy) is 2. The van der Waals surface area contributed by atoms with Crippen LogP contribution in [0.15, 0.2) is 78.9 Å². The van der Waals surface area contributed by atoms with Crippen LogP contribution in [0.3, 0.4) is 0 Å². The third kappa shape index (κ3) is 4.25. The van der Waals surface area contributed by atoms with Gasteiger partial charge in [-0.1, -0.05) is 48.5 Å². The zero-order valence-corrected chi connectivity index (χ0v) is 14.8. The number of hydrogen-bond donors (Lipinski definition) is 1. The number of carbonyl (C=O) groups is 1. The van der Waals surface area contributed by atoms with E-state index < -0.39 is 12.0 Å². The van der Waals surface area contributed by atoms with Crippen LogP contribution in [0.5, 0.6) is 11.5 Å². The van der Waals surface area contributed by atoms with Crippen molar-refractivity contribution in [3.8, 4) is 17.6 Å². The van der Waals surface area contributed by atoms with E-state index in [-0.39, 0.29) is 0 Å². The van der Waals surface area contributed by atoms with E-state index in [9.17, 15) is 10.1 Å². The van der Waals surface area contributed by atoms with Gasteiger partial charge in [-0.2, -0.15) is 5.26 Å². The van der Waals surface area contributed by atoms with E-state index in [0.29, 0.717) is 28.3 Å². The van der Waals surface area contributed by atoms with Gasteiger partial charge in [0.15, 0.2) is 0 Å². The quantitative estimate of drug-likeness (QED) is 0.515. The van der Waals surface area contributed by atoms with Crippen molar-refractivity contribution in [2.45, 2.75) is 6.04 Å². The highest BCUT2D eigenvalue weighted by Crippen LogP contribution is 2.29. The Morgan fingerprint density at radius 1 is 0.963 bits per heavy atom. The van der Waals surface area contributed by atoms with Crippen molar-refractivity contribution in [3.63, 3.8) is 0 Å². The van der Waals surface area contributed by atoms with Crippen molar-refractivity contribution >= 4 is 11.7 Å². The van der Waals surface area contributed by atoms with Crippen LogP contribution in [0.4, 0.5) is 5.69 Å². The number of methoxy groups -OCH3 is 1. The highest BCUT2D eigenvalue weighted by molar-refractivity contribution is 5.93. The van der Waals surface area contributed by atoms with E-state index in [1.165, 1.54) is 0 Å². The first kappa shape index (κ1) is 18.0. The van der Waals surface area contributed by atoms with Crippen LogP contribution in [-0.4, -0.2) is 13.1 Å². The first-order chi connectivity index (χ1) is 13.2. The van der Waals surface area contributed by atoms with E-state index >= 15 is 0 Å². The number of rotatable bonds is 6. The van der Waals surface area contributed by atoms with Crippen LogP contribution < -0.4 is 14.8 Å². The normalized spacial score (nSPS) is 11.1. The lowest BCUT2D eigenvalue weighted by molar-refractivity contribution is 0.0733. The zero-order valence-electron chi connectivity index (χ0n) is 14.8. The molecule has 5 heteroatoms. The monoisotopic (exact) mass is 358 g/mol. The molecule has 3 aromatic rings. The molecule has 0 aromatic heterocycles. The number of carbonyl (C=O) groups excluding carboxylic acids is 1. The number of esters is 1. The Balaban J connectivity index is 1.89. The summed E-state index contributed by atoms with van der Waals surface area (Å²) in [5.74, 6) is 0.546. The summed E-state index contributed by atoms with van der Waals surface area (Å²) in [6.07, 6.45) is 0. The van der Waals surface area contributed by atoms with Gasteiger partial charge in [0.05, 0.1) is 24.4 Å². The lowest BCUT2D eigenvalue weighted by Crippen LogP contribution is -2.17. The molecule has 0 fully saturated rings. The fraction of sp³-hybridized carbons (Fsp3) is 0.0909. The average molecular weight is 358 g/mol. The van der Waals surface area contributed by atoms with E-state index in [1.54, 1.807) is 61.7 Å². The Morgan fingerprint density at radius 2 is 1.63 bits per heavy atom. The minimum absolute atomic E-state index is 0.329. The molecule has 0 spiro atoms. The number of anilines is 1. The SMILES string of the molecule is COc1ccccc1NC(C#N)c1ccccc1C(=O)Oc1ccccc1. The number of nitriles is 1. The molecule has 134 valence electrons. The number of hydrogen-bond acceptors (Lipinski definition) is 5. The molecule has 1 N–H and O–H groups in total. The largest absolute Gasteiger partial charge is 0.495 e. The van der Waals surface area contributed by atoms with Crippen LogP contribution in [0, 0.1) is 11.3 Å². The summed E-state index contributed by atoms with van der Waals surface area (Å²) in [7, 11) is 1.56. The highest BCUT2D eigenvalue weighted by Gasteiger charge is 2.21. The van der Waals surface area contributed by atoms with Crippen LogP contribution in [0.2, 0.25) is 0 Å². The third-order valence-corrected chi connectivity index (χ3v) is 3.98. The highest BCUT2D eigenvalue weighted by atomic mass is 16.5. The Labute approximate surface area is 157 Å². The Morgan fingerprint density at radius 3 is 2.37 bits per heavy atom. The Bertz CT molecular complexity index is 965. The van der Waals surface area contributed by atoms with E-state index in [0.717, 1.165) is 0 Å². The molecule has 1 atom stereocenters. The summed E-state index contributed by atoms with van der Waals surface area (Å²) in [6.45, 7) is 0. The molecule has 3 rings (SSSR count). The van der Waals surface area contributed by atoms with Crippen molar-refractivity contribution in [2.75, 3.05) is 12.4 Å². The molecule has 0 saturated heterocycles. The second-order valence-electron chi connectivity index (χ2n) is 5.70. The molecule has 27 heavy (non-hydrogen) atoms. The first-order valence-electron chi connectivity index (χ1n) is 8.38. The molecular weight excluding hydrogens is 340 g/mol. The molecule has 3 aromatic carbocycles. The molecule has 0 aliphatic rings. The van der Waals surface area contributed by atoms with Gasteiger partial charge in [-0.25, -0.2) is 4.79 Å². The molecule has 0 aliphatic heterocycles. The molecule has 5 nitrogen and oxygen atoms in total. The fourth-order valence-corrected chi connectivity index (χ4v) is 2.68. The van der Waals surface area contributed by atoms with Gasteiger partial charge in [0, 0.05) is 5.56 Å². The Kier molecular flexibility index (Phi) is 5.70. The molecule has 0 bridgehead atoms. The van der Waals surface area contributed by atoms with Gasteiger partial charge in [-0.05, 0) is 30.3 Å². The second kappa shape index (κ2) is 8.54. The molecular formula is C22H18N2O3. The fourth-order valence-electron chi connectivity index (χ4n) is 2.68. The van der Waals surface area contributed by atoms with Crippen molar-refractivity contribution in [3.05, 3.63) is 90.0 Å². The first-order valence-corrected chi connectivity index (χ1v) is 8.38. The van der Waals surface area contributed by atoms with E-state index in [2.05, 4.69) is 11.4 Å². The van der Waals surface area contributed by atoms with Crippen LogP contribution in [-0.2, 0) is 0 Å². The van der Waals surface area contributed by atoms with E-state index in [4.69, 9.17) is 9.47 Å². The van der Waals surface area contributed by atoms with Crippen LogP contribution in [0.25, 0.3) is 0 Å². The van der Waals surface area contributed by atoms with Gasteiger partial charge >= 0.3 is 5.97 Å². The lowest BCUT2D eigenvalue weighted by atomic mass is 10.0. The third-order valence-electron chi connectivity index (χ3n) is 3.98. The van der Waals surface area contributed by atoms with Gasteiger partial charge in [0.2, 0.25) is 0 Å². The minimum atomic E-state index is -0.749. The summed E-state index contributed by atoms with van der Waals surface area (Å²) < 4.78 is 10.7. The molecule has 0 aliphatic carbocycles. The predicted molar refractivity (Wildman–Crippen MR) is 103 cm³/mol. The number of nitrogens with one attached hydrogen (secondary N) is 1. The van der Waals surface area contributed by atoms with Gasteiger partial charge in [0.25, 0.3) is 0 Å². The predicted octanol–water partition coefficient (Wildman–Crippen LogP) is 4.59. The van der Waals surface area contributed by atoms with Crippen molar-refractivity contribution in [1.29, 1.82) is 5.26 Å². The van der Waals surface area contributed by atoms with Crippen molar-refractivity contribution in [1.82, 2.24) is 0 Å². The second-order valence-corrected chi connectivity index (χ2v) is 5.70. The summed E-state index contributed by atoms with van der Waals surface area (Å²) >= 11 is 0. The molecule has 0 heterocycles. The summed E-state index contributed by atoms with van der Waals surface area (Å²) in [5.41, 5.74) is 1.53. The van der Waals surface area contributed by atoms with Crippen molar-refractivity contribution in [2.24, 2.45) is 0 Å². The summed E-state index contributed by atoms with van der Waals surface area (Å²) in [5, 5.41) is 12.8. The molecule has 0 radical (unpaired) electrons. The van der Waals surface area contributed by atoms with Gasteiger partial charge in [-0.3, -0.25) is 0 Å². The lowest BCUT2D eigenvalue weighted by Gasteiger charge is -2.18.